The Bertz CT molecular complexity index is 333. The molecule has 0 aliphatic heterocycles. The molecule has 0 bridgehead atoms. The lowest BCUT2D eigenvalue weighted by Gasteiger charge is -2.16. The zero-order valence-electron chi connectivity index (χ0n) is 7.55. The Hall–Kier alpha value is -0.940. The smallest absolute Gasteiger partial charge is 0.403 e. The quantitative estimate of drug-likeness (QED) is 0.833. The van der Waals surface area contributed by atoms with Crippen LogP contribution >= 0.6 is 11.6 Å². The fourth-order valence-corrected chi connectivity index (χ4v) is 1.33. The molecule has 1 aromatic rings. The summed E-state index contributed by atoms with van der Waals surface area (Å²) in [7, 11) is 0. The van der Waals surface area contributed by atoms with Crippen LogP contribution in [0.3, 0.4) is 0 Å². The van der Waals surface area contributed by atoms with Crippen molar-refractivity contribution in [2.45, 2.75) is 18.6 Å². The van der Waals surface area contributed by atoms with E-state index in [9.17, 15) is 18.3 Å². The number of halogens is 4. The van der Waals surface area contributed by atoms with Gasteiger partial charge < -0.3 is 10.8 Å². The minimum absolute atomic E-state index is 0.0176. The van der Waals surface area contributed by atoms with Crippen molar-refractivity contribution in [1.82, 2.24) is 0 Å². The Morgan fingerprint density at radius 3 is 2.47 bits per heavy atom. The number of phenols is 1. The number of alkyl halides is 3. The van der Waals surface area contributed by atoms with Gasteiger partial charge in [-0.25, -0.2) is 0 Å². The molecule has 0 aliphatic carbocycles. The van der Waals surface area contributed by atoms with Gasteiger partial charge in [-0.3, -0.25) is 0 Å². The number of nitrogens with two attached hydrogens (primary N) is 1. The zero-order chi connectivity index (χ0) is 11.6. The van der Waals surface area contributed by atoms with Gasteiger partial charge in [0.15, 0.2) is 0 Å². The number of hydrogen-bond acceptors (Lipinski definition) is 2. The lowest BCUT2D eigenvalue weighted by molar-refractivity contribution is -0.147. The SMILES string of the molecule is NC(Cc1c(O)cccc1Cl)C(F)(F)F. The van der Waals surface area contributed by atoms with Gasteiger partial charge in [0.05, 0.1) is 0 Å². The average Bonchev–Trinajstić information content (AvgIpc) is 2.09. The topological polar surface area (TPSA) is 46.2 Å². The summed E-state index contributed by atoms with van der Waals surface area (Å²) in [6.07, 6.45) is -5.03. The van der Waals surface area contributed by atoms with Crippen LogP contribution in [-0.4, -0.2) is 17.3 Å². The second-order valence-corrected chi connectivity index (χ2v) is 3.50. The lowest BCUT2D eigenvalue weighted by Crippen LogP contribution is -2.39. The predicted molar refractivity (Wildman–Crippen MR) is 50.9 cm³/mol. The summed E-state index contributed by atoms with van der Waals surface area (Å²) in [5.74, 6) is -0.276. The van der Waals surface area contributed by atoms with E-state index in [2.05, 4.69) is 0 Å². The summed E-state index contributed by atoms with van der Waals surface area (Å²) in [5, 5.41) is 9.38. The number of aromatic hydroxyl groups is 1. The molecule has 15 heavy (non-hydrogen) atoms. The van der Waals surface area contributed by atoms with Crippen LogP contribution in [0, 0.1) is 0 Å². The maximum absolute atomic E-state index is 12.1. The summed E-state index contributed by atoms with van der Waals surface area (Å²) in [5.41, 5.74) is 4.94. The molecule has 0 heterocycles. The van der Waals surface area contributed by atoms with Crippen LogP contribution < -0.4 is 5.73 Å². The van der Waals surface area contributed by atoms with E-state index in [0.717, 1.165) is 0 Å². The van der Waals surface area contributed by atoms with Gasteiger partial charge in [-0.1, -0.05) is 17.7 Å². The van der Waals surface area contributed by atoms with Gasteiger partial charge >= 0.3 is 6.18 Å². The van der Waals surface area contributed by atoms with E-state index in [0.29, 0.717) is 0 Å². The summed E-state index contributed by atoms with van der Waals surface area (Å²) in [6, 6.07) is 2.09. The van der Waals surface area contributed by atoms with Crippen LogP contribution in [0.4, 0.5) is 13.2 Å². The molecule has 84 valence electrons. The highest BCUT2D eigenvalue weighted by atomic mass is 35.5. The molecule has 0 saturated heterocycles. The Balaban J connectivity index is 2.90. The molecule has 3 N–H and O–H groups in total. The molecular weight excluding hydrogens is 231 g/mol. The van der Waals surface area contributed by atoms with Crippen molar-refractivity contribution in [3.8, 4) is 5.75 Å². The molecule has 1 unspecified atom stereocenters. The van der Waals surface area contributed by atoms with Crippen molar-refractivity contribution >= 4 is 11.6 Å². The Morgan fingerprint density at radius 2 is 2.00 bits per heavy atom. The van der Waals surface area contributed by atoms with E-state index >= 15 is 0 Å². The van der Waals surface area contributed by atoms with E-state index in [1.54, 1.807) is 0 Å². The fourth-order valence-electron chi connectivity index (χ4n) is 1.08. The van der Waals surface area contributed by atoms with E-state index in [-0.39, 0.29) is 16.3 Å². The average molecular weight is 240 g/mol. The first-order valence-corrected chi connectivity index (χ1v) is 4.49. The highest BCUT2D eigenvalue weighted by Crippen LogP contribution is 2.29. The summed E-state index contributed by atoms with van der Waals surface area (Å²) in [4.78, 5) is 0. The third kappa shape index (κ3) is 3.00. The van der Waals surface area contributed by atoms with E-state index in [1.807, 2.05) is 0 Å². The van der Waals surface area contributed by atoms with Gasteiger partial charge in [-0.15, -0.1) is 0 Å². The summed E-state index contributed by atoms with van der Waals surface area (Å²) < 4.78 is 36.4. The van der Waals surface area contributed by atoms with Crippen molar-refractivity contribution in [3.63, 3.8) is 0 Å². The highest BCUT2D eigenvalue weighted by Gasteiger charge is 2.37. The summed E-state index contributed by atoms with van der Waals surface area (Å²) >= 11 is 5.64. The van der Waals surface area contributed by atoms with Crippen molar-refractivity contribution in [2.75, 3.05) is 0 Å². The van der Waals surface area contributed by atoms with Crippen molar-refractivity contribution in [2.24, 2.45) is 5.73 Å². The standard InChI is InChI=1S/C9H9ClF3NO/c10-6-2-1-3-7(15)5(6)4-8(14)9(11,12)13/h1-3,8,15H,4,14H2. The third-order valence-electron chi connectivity index (χ3n) is 1.94. The number of phenolic OH excluding ortho intramolecular Hbond substituents is 1. The monoisotopic (exact) mass is 239 g/mol. The molecule has 0 saturated carbocycles. The molecule has 0 amide bonds. The number of benzene rings is 1. The third-order valence-corrected chi connectivity index (χ3v) is 2.29. The van der Waals surface area contributed by atoms with Crippen molar-refractivity contribution in [3.05, 3.63) is 28.8 Å². The van der Waals surface area contributed by atoms with Gasteiger partial charge in [-0.05, 0) is 12.1 Å². The van der Waals surface area contributed by atoms with Crippen molar-refractivity contribution in [1.29, 1.82) is 0 Å². The zero-order valence-corrected chi connectivity index (χ0v) is 8.31. The normalized spacial score (nSPS) is 13.9. The minimum atomic E-state index is -4.49. The van der Waals surface area contributed by atoms with Gasteiger partial charge in [0.1, 0.15) is 11.8 Å². The number of rotatable bonds is 2. The Labute approximate surface area is 89.5 Å². The van der Waals surface area contributed by atoms with E-state index in [4.69, 9.17) is 17.3 Å². The van der Waals surface area contributed by atoms with Gasteiger partial charge in [0.25, 0.3) is 0 Å². The Morgan fingerprint density at radius 1 is 1.40 bits per heavy atom. The molecule has 0 radical (unpaired) electrons. The molecule has 2 nitrogen and oxygen atoms in total. The first-order chi connectivity index (χ1) is 6.82. The van der Waals surface area contributed by atoms with Gasteiger partial charge in [-0.2, -0.15) is 13.2 Å². The van der Waals surface area contributed by atoms with Crippen LogP contribution in [0.15, 0.2) is 18.2 Å². The predicted octanol–water partition coefficient (Wildman–Crippen LogP) is 2.48. The van der Waals surface area contributed by atoms with Gasteiger partial charge in [0.2, 0.25) is 0 Å². The second-order valence-electron chi connectivity index (χ2n) is 3.09. The fraction of sp³-hybridized carbons (Fsp3) is 0.333. The van der Waals surface area contributed by atoms with Gasteiger partial charge in [0, 0.05) is 17.0 Å². The lowest BCUT2D eigenvalue weighted by atomic mass is 10.1. The molecule has 0 aliphatic rings. The molecule has 0 spiro atoms. The maximum Gasteiger partial charge on any atom is 0.403 e. The van der Waals surface area contributed by atoms with Crippen molar-refractivity contribution < 1.29 is 18.3 Å². The minimum Gasteiger partial charge on any atom is -0.508 e. The summed E-state index contributed by atoms with van der Waals surface area (Å²) in [6.45, 7) is 0. The molecule has 1 aromatic carbocycles. The Kier molecular flexibility index (Phi) is 3.46. The molecule has 0 aromatic heterocycles. The van der Waals surface area contributed by atoms with Crippen LogP contribution in [0.1, 0.15) is 5.56 Å². The highest BCUT2D eigenvalue weighted by molar-refractivity contribution is 6.31. The number of hydrogen-bond donors (Lipinski definition) is 2. The van der Waals surface area contributed by atoms with Crippen LogP contribution in [0.25, 0.3) is 0 Å². The van der Waals surface area contributed by atoms with Crippen LogP contribution in [0.5, 0.6) is 5.75 Å². The molecule has 1 rings (SSSR count). The maximum atomic E-state index is 12.1. The molecular formula is C9H9ClF3NO. The molecule has 1 atom stereocenters. The first-order valence-electron chi connectivity index (χ1n) is 4.11. The largest absolute Gasteiger partial charge is 0.508 e. The molecule has 6 heteroatoms. The van der Waals surface area contributed by atoms with Crippen LogP contribution in [0.2, 0.25) is 5.02 Å². The second kappa shape index (κ2) is 4.28. The first kappa shape index (κ1) is 12.1. The van der Waals surface area contributed by atoms with E-state index in [1.165, 1.54) is 18.2 Å². The molecule has 0 fully saturated rings. The van der Waals surface area contributed by atoms with Crippen LogP contribution in [-0.2, 0) is 6.42 Å². The van der Waals surface area contributed by atoms with E-state index < -0.39 is 18.6 Å².